The van der Waals surface area contributed by atoms with Crippen molar-refractivity contribution in [2.75, 3.05) is 5.75 Å². The second-order valence-corrected chi connectivity index (χ2v) is 5.94. The van der Waals surface area contributed by atoms with E-state index in [4.69, 9.17) is 21.2 Å². The standard InChI is InChI=1S/C16H12ClN3O2S/c17-13-8-6-12(7-9-13)15-18-19-16(22-15)23-10-14(20-21)11-4-2-1-3-5-11/h1-9,21H,10H2/b20-14+. The molecule has 0 aliphatic rings. The fourth-order valence-electron chi connectivity index (χ4n) is 1.91. The van der Waals surface area contributed by atoms with Crippen molar-refractivity contribution < 1.29 is 9.62 Å². The number of aromatic nitrogens is 2. The maximum absolute atomic E-state index is 9.16. The minimum Gasteiger partial charge on any atom is -0.411 e. The van der Waals surface area contributed by atoms with Crippen LogP contribution in [0.3, 0.4) is 0 Å². The van der Waals surface area contributed by atoms with Crippen LogP contribution in [-0.4, -0.2) is 26.9 Å². The van der Waals surface area contributed by atoms with Gasteiger partial charge in [0.2, 0.25) is 5.89 Å². The van der Waals surface area contributed by atoms with Crippen molar-refractivity contribution in [2.24, 2.45) is 5.16 Å². The summed E-state index contributed by atoms with van der Waals surface area (Å²) in [5, 5.41) is 21.6. The number of hydrogen-bond acceptors (Lipinski definition) is 6. The Bertz CT molecular complexity index is 804. The van der Waals surface area contributed by atoms with E-state index in [2.05, 4.69) is 15.4 Å². The zero-order valence-electron chi connectivity index (χ0n) is 11.9. The Labute approximate surface area is 142 Å². The number of halogens is 1. The third-order valence-electron chi connectivity index (χ3n) is 3.06. The van der Waals surface area contributed by atoms with E-state index in [1.807, 2.05) is 42.5 Å². The Kier molecular flexibility index (Phi) is 4.95. The minimum atomic E-state index is 0.409. The fourth-order valence-corrected chi connectivity index (χ4v) is 2.75. The molecule has 0 fully saturated rings. The van der Waals surface area contributed by atoms with Gasteiger partial charge in [-0.1, -0.05) is 58.9 Å². The lowest BCUT2D eigenvalue weighted by atomic mass is 10.1. The predicted molar refractivity (Wildman–Crippen MR) is 90.2 cm³/mol. The summed E-state index contributed by atoms with van der Waals surface area (Å²) in [7, 11) is 0. The van der Waals surface area contributed by atoms with E-state index in [1.54, 1.807) is 12.1 Å². The molecule has 0 aliphatic carbocycles. The van der Waals surface area contributed by atoms with Crippen LogP contribution in [0.2, 0.25) is 5.02 Å². The van der Waals surface area contributed by atoms with Crippen LogP contribution in [0.25, 0.3) is 11.5 Å². The average molecular weight is 346 g/mol. The molecule has 0 amide bonds. The van der Waals surface area contributed by atoms with Gasteiger partial charge >= 0.3 is 0 Å². The minimum absolute atomic E-state index is 0.409. The van der Waals surface area contributed by atoms with Crippen molar-refractivity contribution in [3.05, 3.63) is 65.2 Å². The first-order chi connectivity index (χ1) is 11.3. The lowest BCUT2D eigenvalue weighted by Gasteiger charge is -2.01. The molecule has 3 aromatic rings. The topological polar surface area (TPSA) is 71.5 Å². The first kappa shape index (κ1) is 15.6. The monoisotopic (exact) mass is 345 g/mol. The molecule has 0 unspecified atom stereocenters. The number of nitrogens with zero attached hydrogens (tertiary/aromatic N) is 3. The second-order valence-electron chi connectivity index (χ2n) is 4.58. The average Bonchev–Trinajstić information content (AvgIpc) is 3.06. The predicted octanol–water partition coefficient (Wildman–Crippen LogP) is 4.36. The Morgan fingerprint density at radius 2 is 1.83 bits per heavy atom. The molecule has 116 valence electrons. The number of rotatable bonds is 5. The second kappa shape index (κ2) is 7.30. The van der Waals surface area contributed by atoms with Gasteiger partial charge in [-0.3, -0.25) is 0 Å². The molecule has 1 heterocycles. The SMILES string of the molecule is O/N=C(\CSc1nnc(-c2ccc(Cl)cc2)o1)c1ccccc1. The largest absolute Gasteiger partial charge is 0.411 e. The highest BCUT2D eigenvalue weighted by Gasteiger charge is 2.11. The Morgan fingerprint density at radius 1 is 1.09 bits per heavy atom. The molecule has 3 rings (SSSR count). The van der Waals surface area contributed by atoms with E-state index in [0.717, 1.165) is 11.1 Å². The molecule has 0 aliphatic heterocycles. The molecule has 0 saturated carbocycles. The van der Waals surface area contributed by atoms with Gasteiger partial charge in [-0.15, -0.1) is 10.2 Å². The van der Waals surface area contributed by atoms with Gasteiger partial charge in [-0.2, -0.15) is 0 Å². The summed E-state index contributed by atoms with van der Waals surface area (Å²) >= 11 is 7.16. The molecule has 5 nitrogen and oxygen atoms in total. The summed E-state index contributed by atoms with van der Waals surface area (Å²) in [6, 6.07) is 16.6. The number of oxime groups is 1. The van der Waals surface area contributed by atoms with Crippen molar-refractivity contribution in [1.82, 2.24) is 10.2 Å². The molecule has 0 atom stereocenters. The number of thioether (sulfide) groups is 1. The molecule has 0 saturated heterocycles. The number of hydrogen-bond donors (Lipinski definition) is 1. The van der Waals surface area contributed by atoms with Crippen LogP contribution < -0.4 is 0 Å². The fraction of sp³-hybridized carbons (Fsp3) is 0.0625. The van der Waals surface area contributed by atoms with E-state index in [0.29, 0.717) is 27.6 Å². The third kappa shape index (κ3) is 3.91. The van der Waals surface area contributed by atoms with Crippen LogP contribution in [-0.2, 0) is 0 Å². The smallest absolute Gasteiger partial charge is 0.277 e. The van der Waals surface area contributed by atoms with Gasteiger partial charge in [-0.05, 0) is 24.3 Å². The summed E-state index contributed by atoms with van der Waals surface area (Å²) in [5.41, 5.74) is 2.19. The molecular weight excluding hydrogens is 334 g/mol. The van der Waals surface area contributed by atoms with Crippen molar-refractivity contribution in [2.45, 2.75) is 5.22 Å². The van der Waals surface area contributed by atoms with Crippen LogP contribution in [0.15, 0.2) is 69.4 Å². The van der Waals surface area contributed by atoms with Crippen LogP contribution >= 0.6 is 23.4 Å². The zero-order chi connectivity index (χ0) is 16.1. The summed E-state index contributed by atoms with van der Waals surface area (Å²) in [4.78, 5) is 0. The lowest BCUT2D eigenvalue weighted by Crippen LogP contribution is -2.04. The first-order valence-corrected chi connectivity index (χ1v) is 8.11. The van der Waals surface area contributed by atoms with Gasteiger partial charge in [0.1, 0.15) is 0 Å². The van der Waals surface area contributed by atoms with E-state index in [1.165, 1.54) is 11.8 Å². The van der Waals surface area contributed by atoms with Crippen LogP contribution in [0.1, 0.15) is 5.56 Å². The van der Waals surface area contributed by atoms with Gasteiger partial charge in [0.25, 0.3) is 5.22 Å². The number of benzene rings is 2. The molecular formula is C16H12ClN3O2S. The summed E-state index contributed by atoms with van der Waals surface area (Å²) in [6.07, 6.45) is 0. The lowest BCUT2D eigenvalue weighted by molar-refractivity contribution is 0.319. The van der Waals surface area contributed by atoms with Gasteiger partial charge in [0, 0.05) is 21.9 Å². The molecule has 1 N–H and O–H groups in total. The van der Waals surface area contributed by atoms with Crippen molar-refractivity contribution in [1.29, 1.82) is 0 Å². The molecule has 0 bridgehead atoms. The van der Waals surface area contributed by atoms with Gasteiger partial charge in [-0.25, -0.2) is 0 Å². The van der Waals surface area contributed by atoms with Gasteiger partial charge in [0.05, 0.1) is 5.71 Å². The normalized spacial score (nSPS) is 11.6. The van der Waals surface area contributed by atoms with Crippen molar-refractivity contribution in [3.63, 3.8) is 0 Å². The van der Waals surface area contributed by atoms with Crippen LogP contribution in [0.5, 0.6) is 0 Å². The molecule has 2 aromatic carbocycles. The summed E-state index contributed by atoms with van der Waals surface area (Å²) < 4.78 is 5.60. The maximum Gasteiger partial charge on any atom is 0.277 e. The highest BCUT2D eigenvalue weighted by molar-refractivity contribution is 7.99. The van der Waals surface area contributed by atoms with Crippen molar-refractivity contribution in [3.8, 4) is 11.5 Å². The maximum atomic E-state index is 9.16. The van der Waals surface area contributed by atoms with E-state index in [9.17, 15) is 0 Å². The Hall–Kier alpha value is -2.31. The van der Waals surface area contributed by atoms with E-state index >= 15 is 0 Å². The highest BCUT2D eigenvalue weighted by atomic mass is 35.5. The molecule has 7 heteroatoms. The zero-order valence-corrected chi connectivity index (χ0v) is 13.5. The summed E-state index contributed by atoms with van der Waals surface area (Å²) in [5.74, 6) is 0.842. The Balaban J connectivity index is 1.68. The Morgan fingerprint density at radius 3 is 2.52 bits per heavy atom. The molecule has 0 spiro atoms. The van der Waals surface area contributed by atoms with Gasteiger partial charge < -0.3 is 9.62 Å². The molecule has 1 aromatic heterocycles. The van der Waals surface area contributed by atoms with Gasteiger partial charge in [0.15, 0.2) is 0 Å². The third-order valence-corrected chi connectivity index (χ3v) is 4.14. The van der Waals surface area contributed by atoms with Crippen LogP contribution in [0.4, 0.5) is 0 Å². The quantitative estimate of drug-likeness (QED) is 0.322. The van der Waals surface area contributed by atoms with E-state index < -0.39 is 0 Å². The molecule has 0 radical (unpaired) electrons. The molecule has 23 heavy (non-hydrogen) atoms. The summed E-state index contributed by atoms with van der Waals surface area (Å²) in [6.45, 7) is 0. The highest BCUT2D eigenvalue weighted by Crippen LogP contribution is 2.24. The van der Waals surface area contributed by atoms with E-state index in [-0.39, 0.29) is 0 Å². The first-order valence-electron chi connectivity index (χ1n) is 6.75. The van der Waals surface area contributed by atoms with Crippen LogP contribution in [0, 0.1) is 0 Å². The van der Waals surface area contributed by atoms with Crippen molar-refractivity contribution >= 4 is 29.1 Å².